The van der Waals surface area contributed by atoms with Crippen LogP contribution in [0.5, 0.6) is 0 Å². The number of nitrogens with one attached hydrogen (secondary N) is 1. The predicted octanol–water partition coefficient (Wildman–Crippen LogP) is 2.52. The van der Waals surface area contributed by atoms with Gasteiger partial charge in [0.2, 0.25) is 15.9 Å². The largest absolute Gasteiger partial charge is 0.468 e. The Kier molecular flexibility index (Phi) is 6.30. The molecule has 3 rings (SSSR count). The summed E-state index contributed by atoms with van der Waals surface area (Å²) in [5.41, 5.74) is 0.476. The summed E-state index contributed by atoms with van der Waals surface area (Å²) < 4.78 is 32.3. The van der Waals surface area contributed by atoms with E-state index < -0.39 is 10.0 Å². The Hall–Kier alpha value is -2.16. The summed E-state index contributed by atoms with van der Waals surface area (Å²) in [6.45, 7) is 1.79. The van der Waals surface area contributed by atoms with Crippen molar-refractivity contribution in [2.45, 2.75) is 30.7 Å². The van der Waals surface area contributed by atoms with E-state index in [2.05, 4.69) is 5.32 Å². The molecule has 8 heteroatoms. The first-order valence-corrected chi connectivity index (χ1v) is 10.5. The lowest BCUT2D eigenvalue weighted by molar-refractivity contribution is -0.117. The van der Waals surface area contributed by atoms with Crippen LogP contribution in [0, 0.1) is 0 Å². The first-order chi connectivity index (χ1) is 12.9. The maximum atomic E-state index is 12.8. The van der Waals surface area contributed by atoms with Crippen molar-refractivity contribution in [3.63, 3.8) is 0 Å². The topological polar surface area (TPSA) is 82.9 Å². The smallest absolute Gasteiger partial charge is 0.243 e. The number of nitrogens with zero attached hydrogens (tertiary/aromatic N) is 2. The minimum atomic E-state index is -3.52. The fraction of sp³-hybridized carbons (Fsp3) is 0.421. The van der Waals surface area contributed by atoms with Gasteiger partial charge in [0.25, 0.3) is 0 Å². The lowest BCUT2D eigenvalue weighted by Gasteiger charge is -2.26. The van der Waals surface area contributed by atoms with Crippen molar-refractivity contribution in [2.75, 3.05) is 32.0 Å². The molecule has 2 heterocycles. The Morgan fingerprint density at radius 3 is 2.67 bits per heavy atom. The van der Waals surface area contributed by atoms with E-state index in [1.807, 2.05) is 18.0 Å². The van der Waals surface area contributed by atoms with Gasteiger partial charge in [0.15, 0.2) is 0 Å². The highest BCUT2D eigenvalue weighted by Crippen LogP contribution is 2.22. The van der Waals surface area contributed by atoms with E-state index >= 15 is 0 Å². The molecule has 0 radical (unpaired) electrons. The molecule has 1 amide bonds. The van der Waals surface area contributed by atoms with Gasteiger partial charge in [-0.05, 0) is 50.2 Å². The molecule has 1 aliphatic rings. The summed E-state index contributed by atoms with van der Waals surface area (Å²) in [5, 5.41) is 2.77. The highest BCUT2D eigenvalue weighted by Gasteiger charge is 2.26. The molecule has 0 bridgehead atoms. The minimum absolute atomic E-state index is 0.170. The first-order valence-electron chi connectivity index (χ1n) is 9.06. The Bertz CT molecular complexity index is 859. The van der Waals surface area contributed by atoms with Crippen molar-refractivity contribution in [3.8, 4) is 0 Å². The fourth-order valence-corrected chi connectivity index (χ4v) is 4.72. The molecule has 0 unspecified atom stereocenters. The number of benzene rings is 1. The van der Waals surface area contributed by atoms with Crippen molar-refractivity contribution >= 4 is 21.6 Å². The van der Waals surface area contributed by atoms with Crippen LogP contribution in [-0.4, -0.2) is 50.2 Å². The van der Waals surface area contributed by atoms with Gasteiger partial charge in [0.1, 0.15) is 5.76 Å². The number of rotatable bonds is 7. The van der Waals surface area contributed by atoms with Crippen LogP contribution in [0.1, 0.15) is 25.0 Å². The van der Waals surface area contributed by atoms with Crippen LogP contribution in [-0.2, 0) is 21.4 Å². The molecule has 0 atom stereocenters. The molecule has 27 heavy (non-hydrogen) atoms. The van der Waals surface area contributed by atoms with Crippen LogP contribution in [0.4, 0.5) is 5.69 Å². The second-order valence-electron chi connectivity index (χ2n) is 6.79. The van der Waals surface area contributed by atoms with Crippen molar-refractivity contribution in [1.29, 1.82) is 0 Å². The standard InChI is InChI=1S/C19H25N3O4S/c1-21(14-17-8-6-12-26-17)15-19(23)20-16-7-5-9-18(13-16)27(24,25)22-10-3-2-4-11-22/h5-9,12-13H,2-4,10-11,14-15H2,1H3,(H,20,23). The quantitative estimate of drug-likeness (QED) is 0.784. The zero-order chi connectivity index (χ0) is 19.3. The van der Waals surface area contributed by atoms with Gasteiger partial charge in [0, 0.05) is 18.8 Å². The zero-order valence-corrected chi connectivity index (χ0v) is 16.2. The minimum Gasteiger partial charge on any atom is -0.468 e. The molecular formula is C19H25N3O4S. The summed E-state index contributed by atoms with van der Waals surface area (Å²) in [4.78, 5) is 14.3. The number of sulfonamides is 1. The Balaban J connectivity index is 1.62. The van der Waals surface area contributed by atoms with Gasteiger partial charge in [-0.2, -0.15) is 4.31 Å². The maximum absolute atomic E-state index is 12.8. The molecule has 1 aromatic carbocycles. The van der Waals surface area contributed by atoms with Gasteiger partial charge >= 0.3 is 0 Å². The molecule has 7 nitrogen and oxygen atoms in total. The van der Waals surface area contributed by atoms with Gasteiger partial charge in [-0.3, -0.25) is 9.69 Å². The zero-order valence-electron chi connectivity index (χ0n) is 15.4. The molecule has 1 fully saturated rings. The van der Waals surface area contributed by atoms with Crippen LogP contribution in [0.25, 0.3) is 0 Å². The van der Waals surface area contributed by atoms with Crippen LogP contribution >= 0.6 is 0 Å². The van der Waals surface area contributed by atoms with Crippen LogP contribution in [0.15, 0.2) is 52.0 Å². The van der Waals surface area contributed by atoms with E-state index in [4.69, 9.17) is 4.42 Å². The molecule has 2 aromatic rings. The van der Waals surface area contributed by atoms with Crippen molar-refractivity contribution < 1.29 is 17.6 Å². The van der Waals surface area contributed by atoms with E-state index in [-0.39, 0.29) is 17.3 Å². The third-order valence-electron chi connectivity index (χ3n) is 4.49. The van der Waals surface area contributed by atoms with Crippen LogP contribution < -0.4 is 5.32 Å². The molecule has 1 aromatic heterocycles. The SMILES string of the molecule is CN(CC(=O)Nc1cccc(S(=O)(=O)N2CCCCC2)c1)Cc1ccco1. The van der Waals surface area contributed by atoms with E-state index in [1.165, 1.54) is 10.4 Å². The Labute approximate surface area is 160 Å². The third-order valence-corrected chi connectivity index (χ3v) is 6.38. The molecular weight excluding hydrogens is 366 g/mol. The molecule has 1 saturated heterocycles. The second-order valence-corrected chi connectivity index (χ2v) is 8.73. The highest BCUT2D eigenvalue weighted by atomic mass is 32.2. The molecule has 1 N–H and O–H groups in total. The van der Waals surface area contributed by atoms with Crippen molar-refractivity contribution in [1.82, 2.24) is 9.21 Å². The number of amides is 1. The van der Waals surface area contributed by atoms with Crippen LogP contribution in [0.2, 0.25) is 0 Å². The highest BCUT2D eigenvalue weighted by molar-refractivity contribution is 7.89. The van der Waals surface area contributed by atoms with E-state index in [0.717, 1.165) is 25.0 Å². The fourth-order valence-electron chi connectivity index (χ4n) is 3.16. The average Bonchev–Trinajstić information content (AvgIpc) is 3.15. The summed E-state index contributed by atoms with van der Waals surface area (Å²) in [6, 6.07) is 10.1. The first kappa shape index (κ1) is 19.6. The van der Waals surface area contributed by atoms with E-state index in [0.29, 0.717) is 25.3 Å². The predicted molar refractivity (Wildman–Crippen MR) is 103 cm³/mol. The second kappa shape index (κ2) is 8.69. The van der Waals surface area contributed by atoms with Crippen molar-refractivity contribution in [3.05, 3.63) is 48.4 Å². The number of piperidine rings is 1. The molecule has 146 valence electrons. The number of carbonyl (C=O) groups excluding carboxylic acids is 1. The Morgan fingerprint density at radius 2 is 1.96 bits per heavy atom. The number of hydrogen-bond acceptors (Lipinski definition) is 5. The van der Waals surface area contributed by atoms with E-state index in [9.17, 15) is 13.2 Å². The van der Waals surface area contributed by atoms with E-state index in [1.54, 1.807) is 30.5 Å². The summed E-state index contributed by atoms with van der Waals surface area (Å²) in [5.74, 6) is 0.566. The lowest BCUT2D eigenvalue weighted by Crippen LogP contribution is -2.35. The maximum Gasteiger partial charge on any atom is 0.243 e. The number of likely N-dealkylation sites (N-methyl/N-ethyl adjacent to an activating group) is 1. The number of carbonyl (C=O) groups is 1. The van der Waals surface area contributed by atoms with Gasteiger partial charge in [-0.15, -0.1) is 0 Å². The van der Waals surface area contributed by atoms with Gasteiger partial charge < -0.3 is 9.73 Å². The lowest BCUT2D eigenvalue weighted by atomic mass is 10.2. The Morgan fingerprint density at radius 1 is 1.19 bits per heavy atom. The van der Waals surface area contributed by atoms with Gasteiger partial charge in [-0.1, -0.05) is 12.5 Å². The van der Waals surface area contributed by atoms with Crippen molar-refractivity contribution in [2.24, 2.45) is 0 Å². The normalized spacial score (nSPS) is 15.8. The number of anilines is 1. The van der Waals surface area contributed by atoms with Crippen LogP contribution in [0.3, 0.4) is 0 Å². The van der Waals surface area contributed by atoms with Gasteiger partial charge in [-0.25, -0.2) is 8.42 Å². The molecule has 1 aliphatic heterocycles. The average molecular weight is 391 g/mol. The number of hydrogen-bond donors (Lipinski definition) is 1. The molecule has 0 aliphatic carbocycles. The summed E-state index contributed by atoms with van der Waals surface area (Å²) in [7, 11) is -1.70. The third kappa shape index (κ3) is 5.18. The summed E-state index contributed by atoms with van der Waals surface area (Å²) in [6.07, 6.45) is 4.43. The number of furan rings is 1. The monoisotopic (exact) mass is 391 g/mol. The molecule has 0 saturated carbocycles. The molecule has 0 spiro atoms. The summed E-state index contributed by atoms with van der Waals surface area (Å²) >= 11 is 0. The van der Waals surface area contributed by atoms with Gasteiger partial charge in [0.05, 0.1) is 24.2 Å².